The molecule has 0 fully saturated rings. The second-order valence-electron chi connectivity index (χ2n) is 5.31. The predicted octanol–water partition coefficient (Wildman–Crippen LogP) is 3.04. The first-order chi connectivity index (χ1) is 8.52. The van der Waals surface area contributed by atoms with Crippen molar-refractivity contribution in [2.45, 2.75) is 27.2 Å². The van der Waals surface area contributed by atoms with Crippen LogP contribution in [0.15, 0.2) is 24.5 Å². The second kappa shape index (κ2) is 5.16. The Labute approximate surface area is 112 Å². The lowest BCUT2D eigenvalue weighted by Gasteiger charge is -2.21. The van der Waals surface area contributed by atoms with Crippen LogP contribution in [0.4, 0.5) is 0 Å². The second-order valence-corrected chi connectivity index (χ2v) is 6.40. The Kier molecular flexibility index (Phi) is 3.78. The van der Waals surface area contributed by atoms with Gasteiger partial charge in [0.15, 0.2) is 0 Å². The summed E-state index contributed by atoms with van der Waals surface area (Å²) in [6, 6.07) is 3.98. The van der Waals surface area contributed by atoms with Gasteiger partial charge in [0, 0.05) is 22.8 Å². The van der Waals surface area contributed by atoms with Gasteiger partial charge in [-0.1, -0.05) is 13.8 Å². The molecule has 0 aliphatic heterocycles. The number of aryl methyl sites for hydroxylation is 1. The fourth-order valence-corrected chi connectivity index (χ4v) is 3.02. The summed E-state index contributed by atoms with van der Waals surface area (Å²) in [5.41, 5.74) is 8.12. The van der Waals surface area contributed by atoms with Crippen molar-refractivity contribution < 1.29 is 0 Å². The van der Waals surface area contributed by atoms with E-state index < -0.39 is 0 Å². The van der Waals surface area contributed by atoms with Crippen molar-refractivity contribution in [1.29, 1.82) is 0 Å². The molecule has 0 saturated heterocycles. The topological polar surface area (TPSA) is 51.8 Å². The highest BCUT2D eigenvalue weighted by molar-refractivity contribution is 7.15. The van der Waals surface area contributed by atoms with Gasteiger partial charge in [-0.25, -0.2) is 4.98 Å². The van der Waals surface area contributed by atoms with Crippen molar-refractivity contribution in [3.05, 3.63) is 35.1 Å². The van der Waals surface area contributed by atoms with E-state index in [4.69, 9.17) is 5.73 Å². The van der Waals surface area contributed by atoms with Gasteiger partial charge in [-0.15, -0.1) is 11.3 Å². The maximum atomic E-state index is 5.80. The summed E-state index contributed by atoms with van der Waals surface area (Å²) in [6.45, 7) is 7.14. The van der Waals surface area contributed by atoms with Gasteiger partial charge in [0.05, 0.1) is 5.69 Å². The van der Waals surface area contributed by atoms with Crippen LogP contribution in [-0.4, -0.2) is 16.5 Å². The lowest BCUT2D eigenvalue weighted by atomic mass is 9.88. The summed E-state index contributed by atoms with van der Waals surface area (Å²) >= 11 is 1.75. The van der Waals surface area contributed by atoms with Crippen LogP contribution in [0, 0.1) is 12.3 Å². The van der Waals surface area contributed by atoms with Crippen LogP contribution in [0.5, 0.6) is 0 Å². The number of pyridine rings is 1. The number of thiazole rings is 1. The van der Waals surface area contributed by atoms with Crippen molar-refractivity contribution >= 4 is 11.3 Å². The van der Waals surface area contributed by atoms with Crippen LogP contribution >= 0.6 is 11.3 Å². The van der Waals surface area contributed by atoms with E-state index in [1.807, 2.05) is 18.3 Å². The van der Waals surface area contributed by atoms with Gasteiger partial charge in [0.2, 0.25) is 0 Å². The van der Waals surface area contributed by atoms with Crippen LogP contribution < -0.4 is 5.73 Å². The molecule has 0 bridgehead atoms. The Morgan fingerprint density at radius 3 is 2.78 bits per heavy atom. The van der Waals surface area contributed by atoms with Gasteiger partial charge in [-0.3, -0.25) is 4.98 Å². The molecule has 0 spiro atoms. The van der Waals surface area contributed by atoms with Crippen LogP contribution in [0.25, 0.3) is 10.6 Å². The molecule has 2 aromatic heterocycles. The Hall–Kier alpha value is -1.26. The quantitative estimate of drug-likeness (QED) is 0.920. The molecule has 0 unspecified atom stereocenters. The molecule has 4 heteroatoms. The highest BCUT2D eigenvalue weighted by Crippen LogP contribution is 2.31. The normalized spacial score (nSPS) is 11.8. The first kappa shape index (κ1) is 13.2. The SMILES string of the molecule is Cc1nc(-c2cccnc2)sc1CC(C)(C)CN. The molecule has 0 amide bonds. The van der Waals surface area contributed by atoms with Crippen molar-refractivity contribution in [3.8, 4) is 10.6 Å². The fourth-order valence-electron chi connectivity index (χ4n) is 1.71. The minimum Gasteiger partial charge on any atom is -0.330 e. The van der Waals surface area contributed by atoms with Crippen molar-refractivity contribution in [3.63, 3.8) is 0 Å². The molecule has 18 heavy (non-hydrogen) atoms. The summed E-state index contributed by atoms with van der Waals surface area (Å²) < 4.78 is 0. The molecular formula is C14H19N3S. The van der Waals surface area contributed by atoms with Crippen molar-refractivity contribution in [1.82, 2.24) is 9.97 Å². The summed E-state index contributed by atoms with van der Waals surface area (Å²) in [4.78, 5) is 10.1. The van der Waals surface area contributed by atoms with E-state index in [0.717, 1.165) is 22.7 Å². The highest BCUT2D eigenvalue weighted by Gasteiger charge is 2.20. The molecule has 0 atom stereocenters. The molecule has 0 aliphatic carbocycles. The maximum Gasteiger partial charge on any atom is 0.125 e. The summed E-state index contributed by atoms with van der Waals surface area (Å²) in [7, 11) is 0. The lowest BCUT2D eigenvalue weighted by molar-refractivity contribution is 0.379. The molecule has 2 N–H and O–H groups in total. The number of nitrogens with zero attached hydrogens (tertiary/aromatic N) is 2. The molecule has 0 saturated carbocycles. The standard InChI is InChI=1S/C14H19N3S/c1-10-12(7-14(2,3)9-15)18-13(17-10)11-5-4-6-16-8-11/h4-6,8H,7,9,15H2,1-3H3. The number of aromatic nitrogens is 2. The lowest BCUT2D eigenvalue weighted by Crippen LogP contribution is -2.25. The smallest absolute Gasteiger partial charge is 0.125 e. The van der Waals surface area contributed by atoms with E-state index in [2.05, 4.69) is 30.7 Å². The third-order valence-electron chi connectivity index (χ3n) is 2.99. The third-order valence-corrected chi connectivity index (χ3v) is 4.20. The van der Waals surface area contributed by atoms with Crippen LogP contribution in [0.1, 0.15) is 24.4 Å². The molecule has 2 rings (SSSR count). The third kappa shape index (κ3) is 2.94. The predicted molar refractivity (Wildman–Crippen MR) is 76.6 cm³/mol. The van der Waals surface area contributed by atoms with E-state index in [0.29, 0.717) is 6.54 Å². The van der Waals surface area contributed by atoms with Gasteiger partial charge >= 0.3 is 0 Å². The van der Waals surface area contributed by atoms with Gasteiger partial charge in [-0.05, 0) is 37.4 Å². The average Bonchev–Trinajstić information content (AvgIpc) is 2.72. The van der Waals surface area contributed by atoms with Gasteiger partial charge in [-0.2, -0.15) is 0 Å². The molecular weight excluding hydrogens is 242 g/mol. The van der Waals surface area contributed by atoms with E-state index >= 15 is 0 Å². The Balaban J connectivity index is 2.28. The zero-order valence-corrected chi connectivity index (χ0v) is 11.9. The first-order valence-electron chi connectivity index (χ1n) is 6.08. The Morgan fingerprint density at radius 1 is 1.39 bits per heavy atom. The molecule has 3 nitrogen and oxygen atoms in total. The molecule has 2 aromatic rings. The van der Waals surface area contributed by atoms with E-state index in [-0.39, 0.29) is 5.41 Å². The molecule has 2 heterocycles. The maximum absolute atomic E-state index is 5.80. The largest absolute Gasteiger partial charge is 0.330 e. The van der Waals surface area contributed by atoms with Crippen molar-refractivity contribution in [2.24, 2.45) is 11.1 Å². The summed E-state index contributed by atoms with van der Waals surface area (Å²) in [5, 5.41) is 1.04. The number of hydrogen-bond donors (Lipinski definition) is 1. The van der Waals surface area contributed by atoms with Crippen LogP contribution in [0.3, 0.4) is 0 Å². The summed E-state index contributed by atoms with van der Waals surface area (Å²) in [6.07, 6.45) is 4.62. The molecule has 96 valence electrons. The Bertz CT molecular complexity index is 517. The highest BCUT2D eigenvalue weighted by atomic mass is 32.1. The van der Waals surface area contributed by atoms with Crippen LogP contribution in [0.2, 0.25) is 0 Å². The molecule has 0 aromatic carbocycles. The monoisotopic (exact) mass is 261 g/mol. The Morgan fingerprint density at radius 2 is 2.17 bits per heavy atom. The van der Waals surface area contributed by atoms with Crippen molar-refractivity contribution in [2.75, 3.05) is 6.54 Å². The average molecular weight is 261 g/mol. The fraction of sp³-hybridized carbons (Fsp3) is 0.429. The first-order valence-corrected chi connectivity index (χ1v) is 6.90. The molecule has 0 radical (unpaired) electrons. The van der Waals surface area contributed by atoms with Gasteiger partial charge in [0.25, 0.3) is 0 Å². The van der Waals surface area contributed by atoms with E-state index in [1.165, 1.54) is 4.88 Å². The number of hydrogen-bond acceptors (Lipinski definition) is 4. The van der Waals surface area contributed by atoms with E-state index in [1.54, 1.807) is 17.5 Å². The number of rotatable bonds is 4. The zero-order chi connectivity index (χ0) is 13.2. The minimum absolute atomic E-state index is 0.128. The van der Waals surface area contributed by atoms with Gasteiger partial charge < -0.3 is 5.73 Å². The van der Waals surface area contributed by atoms with E-state index in [9.17, 15) is 0 Å². The molecule has 0 aliphatic rings. The van der Waals surface area contributed by atoms with Crippen LogP contribution in [-0.2, 0) is 6.42 Å². The zero-order valence-electron chi connectivity index (χ0n) is 11.1. The minimum atomic E-state index is 0.128. The number of nitrogens with two attached hydrogens (primary N) is 1. The van der Waals surface area contributed by atoms with Gasteiger partial charge in [0.1, 0.15) is 5.01 Å². The summed E-state index contributed by atoms with van der Waals surface area (Å²) in [5.74, 6) is 0.